The lowest BCUT2D eigenvalue weighted by molar-refractivity contribution is -0.119. The fourth-order valence-electron chi connectivity index (χ4n) is 14.5. The molecular weight excluding hydrogens is 749 g/mol. The Morgan fingerprint density at radius 2 is 1.28 bits per heavy atom. The third kappa shape index (κ3) is 14.1. The van der Waals surface area contributed by atoms with Gasteiger partial charge in [0.15, 0.2) is 0 Å². The second-order valence-electron chi connectivity index (χ2n) is 24.6. The van der Waals surface area contributed by atoms with Crippen molar-refractivity contribution in [1.29, 1.82) is 0 Å². The molecule has 5 nitrogen and oxygen atoms in total. The van der Waals surface area contributed by atoms with Gasteiger partial charge in [0.2, 0.25) is 5.91 Å². The number of nitrogens with one attached hydrogen (secondary N) is 1. The molecule has 0 aromatic heterocycles. The van der Waals surface area contributed by atoms with Crippen LogP contribution in [0, 0.1) is 57.7 Å². The lowest BCUT2D eigenvalue weighted by Gasteiger charge is -2.44. The summed E-state index contributed by atoms with van der Waals surface area (Å²) in [5.41, 5.74) is 13.4. The van der Waals surface area contributed by atoms with Crippen molar-refractivity contribution in [2.24, 2.45) is 63.4 Å². The maximum atomic E-state index is 11.5. The second kappa shape index (κ2) is 21.5. The highest BCUT2D eigenvalue weighted by Gasteiger charge is 2.51. The smallest absolute Gasteiger partial charge is 0.217 e. The molecule has 0 spiro atoms. The Bertz CT molecular complexity index is 1550. The molecule has 0 heterocycles. The van der Waals surface area contributed by atoms with Crippen LogP contribution in [0.3, 0.4) is 0 Å². The molecule has 5 heteroatoms. The first-order valence-electron chi connectivity index (χ1n) is 25.8. The SMILES string of the molecule is CC(=O)N[C@@H]1C/C(=C\C=C2/CCC[C@]3(C)[C@@H]([C@H](C)CCCC(C)(C)O)CC[C@@H]23)C[C@@H](O)C1.C[C@@H]1C/C(=C/C=C2\CCC[C@]3(C)[C@@H]([C@H](C)CCCC(C)(C)C)CC[C@@H]23)C[C@@H](N)C1. The van der Waals surface area contributed by atoms with E-state index in [9.17, 15) is 15.0 Å². The molecule has 6 saturated carbocycles. The van der Waals surface area contributed by atoms with Gasteiger partial charge in [0.25, 0.3) is 0 Å². The zero-order valence-corrected chi connectivity index (χ0v) is 41.5. The average molecular weight is 845 g/mol. The Morgan fingerprint density at radius 3 is 1.75 bits per heavy atom. The fraction of sp³-hybridized carbons (Fsp3) is 0.839. The molecule has 0 aromatic rings. The van der Waals surface area contributed by atoms with Crippen molar-refractivity contribution in [3.8, 4) is 0 Å². The number of hydrogen-bond acceptors (Lipinski definition) is 4. The molecule has 348 valence electrons. The maximum Gasteiger partial charge on any atom is 0.217 e. The van der Waals surface area contributed by atoms with Gasteiger partial charge in [-0.05, 0) is 187 Å². The van der Waals surface area contributed by atoms with Gasteiger partial charge in [-0.2, -0.15) is 0 Å². The van der Waals surface area contributed by atoms with E-state index in [1.165, 1.54) is 108 Å². The van der Waals surface area contributed by atoms with Gasteiger partial charge < -0.3 is 21.3 Å². The maximum absolute atomic E-state index is 11.5. The number of carbonyl (C=O) groups excluding carboxylic acids is 1. The van der Waals surface area contributed by atoms with E-state index in [1.54, 1.807) is 23.6 Å². The van der Waals surface area contributed by atoms with Crippen LogP contribution in [-0.4, -0.2) is 39.9 Å². The zero-order chi connectivity index (χ0) is 44.8. The minimum Gasteiger partial charge on any atom is -0.393 e. The molecular formula is C56H96N2O3. The molecule has 6 fully saturated rings. The first-order chi connectivity index (χ1) is 28.6. The number of nitrogens with two attached hydrogens (primary N) is 1. The molecule has 0 aliphatic heterocycles. The summed E-state index contributed by atoms with van der Waals surface area (Å²) in [5.74, 6) is 5.52. The van der Waals surface area contributed by atoms with Crippen molar-refractivity contribution < 1.29 is 15.0 Å². The largest absolute Gasteiger partial charge is 0.393 e. The molecule has 1 amide bonds. The fourth-order valence-corrected chi connectivity index (χ4v) is 14.5. The third-order valence-electron chi connectivity index (χ3n) is 17.4. The molecule has 0 saturated heterocycles. The highest BCUT2D eigenvalue weighted by Crippen LogP contribution is 2.61. The summed E-state index contributed by atoms with van der Waals surface area (Å²) in [6.45, 7) is 25.1. The number of amides is 1. The number of carbonyl (C=O) groups is 1. The Hall–Kier alpha value is -1.69. The molecule has 0 unspecified atom stereocenters. The van der Waals surface area contributed by atoms with E-state index in [1.807, 2.05) is 13.8 Å². The van der Waals surface area contributed by atoms with E-state index in [4.69, 9.17) is 5.73 Å². The first kappa shape index (κ1) is 50.3. The number of aliphatic hydroxyl groups is 2. The van der Waals surface area contributed by atoms with E-state index in [0.717, 1.165) is 61.7 Å². The van der Waals surface area contributed by atoms with Crippen molar-refractivity contribution >= 4 is 5.91 Å². The Labute approximate surface area is 376 Å². The van der Waals surface area contributed by atoms with E-state index in [2.05, 4.69) is 85.0 Å². The topological polar surface area (TPSA) is 95.6 Å². The molecule has 0 bridgehead atoms. The number of aliphatic hydroxyl groups excluding tert-OH is 1. The monoisotopic (exact) mass is 845 g/mol. The van der Waals surface area contributed by atoms with Crippen LogP contribution in [0.5, 0.6) is 0 Å². The Morgan fingerprint density at radius 1 is 0.770 bits per heavy atom. The van der Waals surface area contributed by atoms with Crippen LogP contribution in [-0.2, 0) is 4.79 Å². The predicted octanol–water partition coefficient (Wildman–Crippen LogP) is 13.7. The molecule has 0 radical (unpaired) electrons. The van der Waals surface area contributed by atoms with Crippen LogP contribution in [0.1, 0.15) is 217 Å². The molecule has 61 heavy (non-hydrogen) atoms. The molecule has 6 rings (SSSR count). The van der Waals surface area contributed by atoms with Crippen molar-refractivity contribution in [1.82, 2.24) is 5.32 Å². The van der Waals surface area contributed by atoms with Gasteiger partial charge in [0.05, 0.1) is 11.7 Å². The van der Waals surface area contributed by atoms with Crippen LogP contribution in [0.4, 0.5) is 0 Å². The van der Waals surface area contributed by atoms with Gasteiger partial charge in [-0.15, -0.1) is 0 Å². The molecule has 6 aliphatic rings. The van der Waals surface area contributed by atoms with Gasteiger partial charge >= 0.3 is 0 Å². The van der Waals surface area contributed by atoms with E-state index >= 15 is 0 Å². The summed E-state index contributed by atoms with van der Waals surface area (Å²) >= 11 is 0. The lowest BCUT2D eigenvalue weighted by atomic mass is 9.60. The lowest BCUT2D eigenvalue weighted by Crippen LogP contribution is -2.39. The summed E-state index contributed by atoms with van der Waals surface area (Å²) in [6.07, 6.45) is 36.0. The summed E-state index contributed by atoms with van der Waals surface area (Å²) in [7, 11) is 0. The third-order valence-corrected chi connectivity index (χ3v) is 17.4. The van der Waals surface area contributed by atoms with Crippen LogP contribution < -0.4 is 11.1 Å². The van der Waals surface area contributed by atoms with Gasteiger partial charge in [0, 0.05) is 19.0 Å². The molecule has 6 aliphatic carbocycles. The standard InChI is InChI=1S/C28H47NO3.C28H49N/c1-19(8-6-14-27(3,4)32)25-12-13-26-22(9-7-15-28(25,26)5)11-10-21-16-23(29-20(2)30)18-24(31)17-21;1-20-17-22(19-24(29)18-20)11-12-23-10-8-16-28(6)25(13-14-26(23)28)21(2)9-7-15-27(3,4)5/h10-11,19,23-26,31-32H,6-9,12-18H2,1-5H3,(H,29,30);11-12,20-21,24-26H,7-10,13-19,29H2,1-6H3/b21-10+,22-11+;22-11-,23-12+/t19-,23-,24-,25-,26+,28-;20-,21-,24+,25-,26+,28-/m11/s1. The molecule has 12 atom stereocenters. The number of allylic oxidation sites excluding steroid dienone is 6. The average Bonchev–Trinajstić information content (AvgIpc) is 3.68. The van der Waals surface area contributed by atoms with E-state index < -0.39 is 5.60 Å². The van der Waals surface area contributed by atoms with Crippen LogP contribution in [0.25, 0.3) is 0 Å². The van der Waals surface area contributed by atoms with Gasteiger partial charge in [-0.3, -0.25) is 4.79 Å². The highest BCUT2D eigenvalue weighted by molar-refractivity contribution is 5.73. The van der Waals surface area contributed by atoms with Crippen LogP contribution in [0.15, 0.2) is 46.6 Å². The number of fused-ring (bicyclic) bond motifs is 2. The van der Waals surface area contributed by atoms with Crippen molar-refractivity contribution in [2.45, 2.75) is 241 Å². The van der Waals surface area contributed by atoms with Crippen LogP contribution in [0.2, 0.25) is 0 Å². The van der Waals surface area contributed by atoms with E-state index in [0.29, 0.717) is 40.5 Å². The molecule has 0 aromatic carbocycles. The highest BCUT2D eigenvalue weighted by atomic mass is 16.3. The molecule has 5 N–H and O–H groups in total. The summed E-state index contributed by atoms with van der Waals surface area (Å²) in [4.78, 5) is 11.5. The van der Waals surface area contributed by atoms with Crippen molar-refractivity contribution in [2.75, 3.05) is 0 Å². The summed E-state index contributed by atoms with van der Waals surface area (Å²) < 4.78 is 0. The first-order valence-corrected chi connectivity index (χ1v) is 25.8. The quantitative estimate of drug-likeness (QED) is 0.157. The van der Waals surface area contributed by atoms with Gasteiger partial charge in [0.1, 0.15) is 0 Å². The second-order valence-corrected chi connectivity index (χ2v) is 24.6. The predicted molar refractivity (Wildman–Crippen MR) is 259 cm³/mol. The Balaban J connectivity index is 0.000000232. The Kier molecular flexibility index (Phi) is 17.8. The minimum atomic E-state index is -0.554. The minimum absolute atomic E-state index is 0.0153. The number of rotatable bonds is 12. The number of hydrogen-bond donors (Lipinski definition) is 4. The van der Waals surface area contributed by atoms with Crippen LogP contribution >= 0.6 is 0 Å². The van der Waals surface area contributed by atoms with E-state index in [-0.39, 0.29) is 18.1 Å². The van der Waals surface area contributed by atoms with Gasteiger partial charge in [-0.1, -0.05) is 128 Å². The van der Waals surface area contributed by atoms with Crippen molar-refractivity contribution in [3.63, 3.8) is 0 Å². The van der Waals surface area contributed by atoms with Gasteiger partial charge in [-0.25, -0.2) is 0 Å². The summed E-state index contributed by atoms with van der Waals surface area (Å²) in [6, 6.07) is 0.433. The van der Waals surface area contributed by atoms with Crippen molar-refractivity contribution in [3.05, 3.63) is 46.6 Å². The zero-order valence-electron chi connectivity index (χ0n) is 41.5. The normalized spacial score (nSPS) is 38.2. The summed E-state index contributed by atoms with van der Waals surface area (Å²) in [5, 5.41) is 23.3.